The third-order valence-electron chi connectivity index (χ3n) is 3.51. The number of ether oxygens (including phenoxy) is 2. The highest BCUT2D eigenvalue weighted by atomic mass is 32.1. The molecule has 0 radical (unpaired) electrons. The number of esters is 1. The minimum atomic E-state index is -0.396. The first kappa shape index (κ1) is 16.2. The molecule has 122 valence electrons. The van der Waals surface area contributed by atoms with Crippen molar-refractivity contribution < 1.29 is 14.3 Å². The van der Waals surface area contributed by atoms with Gasteiger partial charge in [0.2, 0.25) is 0 Å². The zero-order chi connectivity index (χ0) is 16.9. The zero-order valence-corrected chi connectivity index (χ0v) is 14.3. The summed E-state index contributed by atoms with van der Waals surface area (Å²) >= 11 is 1.55. The number of fused-ring (bicyclic) bond motifs is 1. The molecule has 0 aliphatic heterocycles. The van der Waals surface area contributed by atoms with Crippen LogP contribution in [0, 0.1) is 6.92 Å². The van der Waals surface area contributed by atoms with Gasteiger partial charge in [0.25, 0.3) is 0 Å². The number of aromatic nitrogens is 1. The molecule has 0 bridgehead atoms. The van der Waals surface area contributed by atoms with Gasteiger partial charge in [0.15, 0.2) is 0 Å². The zero-order valence-electron chi connectivity index (χ0n) is 13.5. The fraction of sp³-hybridized carbons (Fsp3) is 0.158. The lowest BCUT2D eigenvalue weighted by molar-refractivity contribution is -0.136. The second kappa shape index (κ2) is 7.27. The number of carbonyl (C=O) groups is 1. The SMILES string of the molecule is COC(=O)/C(=C/c1cccs1)COc1cccc2ccc(C)nc12. The molecule has 5 heteroatoms. The molecule has 0 N–H and O–H groups in total. The number of aryl methyl sites for hydroxylation is 1. The van der Waals surface area contributed by atoms with Gasteiger partial charge in [-0.1, -0.05) is 24.3 Å². The monoisotopic (exact) mass is 339 g/mol. The predicted octanol–water partition coefficient (Wildman–Crippen LogP) is 4.24. The molecule has 0 fully saturated rings. The van der Waals surface area contributed by atoms with E-state index in [1.165, 1.54) is 7.11 Å². The first-order chi connectivity index (χ1) is 11.7. The summed E-state index contributed by atoms with van der Waals surface area (Å²) in [5.74, 6) is 0.255. The average molecular weight is 339 g/mol. The molecule has 4 nitrogen and oxygen atoms in total. The molecular weight excluding hydrogens is 322 g/mol. The highest BCUT2D eigenvalue weighted by Gasteiger charge is 2.13. The van der Waals surface area contributed by atoms with E-state index in [0.717, 1.165) is 21.5 Å². The second-order valence-electron chi connectivity index (χ2n) is 5.25. The van der Waals surface area contributed by atoms with E-state index in [-0.39, 0.29) is 6.61 Å². The Labute approximate surface area is 144 Å². The molecular formula is C19H17NO3S. The molecule has 0 unspecified atom stereocenters. The van der Waals surface area contributed by atoms with Crippen molar-refractivity contribution in [2.75, 3.05) is 13.7 Å². The summed E-state index contributed by atoms with van der Waals surface area (Å²) in [6.45, 7) is 2.06. The molecule has 0 spiro atoms. The normalized spacial score (nSPS) is 11.5. The Hall–Kier alpha value is -2.66. The van der Waals surface area contributed by atoms with Crippen molar-refractivity contribution in [3.63, 3.8) is 0 Å². The Morgan fingerprint density at radius 1 is 1.21 bits per heavy atom. The predicted molar refractivity (Wildman–Crippen MR) is 96.3 cm³/mol. The van der Waals surface area contributed by atoms with Crippen molar-refractivity contribution in [1.29, 1.82) is 0 Å². The van der Waals surface area contributed by atoms with Crippen LogP contribution in [-0.2, 0) is 9.53 Å². The van der Waals surface area contributed by atoms with E-state index >= 15 is 0 Å². The Morgan fingerprint density at radius 3 is 2.83 bits per heavy atom. The number of hydrogen-bond acceptors (Lipinski definition) is 5. The van der Waals surface area contributed by atoms with Gasteiger partial charge in [0, 0.05) is 16.0 Å². The van der Waals surface area contributed by atoms with Crippen LogP contribution in [-0.4, -0.2) is 24.7 Å². The maximum Gasteiger partial charge on any atom is 0.337 e. The largest absolute Gasteiger partial charge is 0.486 e. The van der Waals surface area contributed by atoms with Gasteiger partial charge >= 0.3 is 5.97 Å². The van der Waals surface area contributed by atoms with E-state index in [2.05, 4.69) is 4.98 Å². The lowest BCUT2D eigenvalue weighted by Gasteiger charge is -2.10. The van der Waals surface area contributed by atoms with E-state index in [1.807, 2.05) is 54.8 Å². The molecule has 3 aromatic rings. The number of para-hydroxylation sites is 1. The van der Waals surface area contributed by atoms with Gasteiger partial charge in [-0.05, 0) is 36.6 Å². The molecule has 24 heavy (non-hydrogen) atoms. The number of rotatable bonds is 5. The van der Waals surface area contributed by atoms with Gasteiger partial charge in [0.1, 0.15) is 17.9 Å². The van der Waals surface area contributed by atoms with Crippen LogP contribution in [0.3, 0.4) is 0 Å². The van der Waals surface area contributed by atoms with Crippen molar-refractivity contribution >= 4 is 34.3 Å². The minimum absolute atomic E-state index is 0.124. The smallest absolute Gasteiger partial charge is 0.337 e. The molecule has 0 atom stereocenters. The number of benzene rings is 1. The highest BCUT2D eigenvalue weighted by molar-refractivity contribution is 7.10. The third-order valence-corrected chi connectivity index (χ3v) is 4.33. The standard InChI is InChI=1S/C19H17NO3S/c1-13-8-9-14-5-3-7-17(18(14)20-13)23-12-15(19(21)22-2)11-16-6-4-10-24-16/h3-11H,12H2,1-2H3/b15-11+. The molecule has 3 rings (SSSR count). The van der Waals surface area contributed by atoms with Crippen LogP contribution < -0.4 is 4.74 Å². The highest BCUT2D eigenvalue weighted by Crippen LogP contribution is 2.25. The van der Waals surface area contributed by atoms with E-state index in [0.29, 0.717) is 11.3 Å². The quantitative estimate of drug-likeness (QED) is 0.515. The number of hydrogen-bond donors (Lipinski definition) is 0. The van der Waals surface area contributed by atoms with Gasteiger partial charge in [-0.15, -0.1) is 11.3 Å². The fourth-order valence-corrected chi connectivity index (χ4v) is 3.01. The third kappa shape index (κ3) is 3.63. The Kier molecular flexibility index (Phi) is 4.91. The van der Waals surface area contributed by atoms with Crippen molar-refractivity contribution in [3.05, 3.63) is 64.0 Å². The Balaban J connectivity index is 1.87. The summed E-state index contributed by atoms with van der Waals surface area (Å²) < 4.78 is 10.7. The molecule has 0 aliphatic carbocycles. The molecule has 0 saturated heterocycles. The van der Waals surface area contributed by atoms with Crippen molar-refractivity contribution in [2.24, 2.45) is 0 Å². The van der Waals surface area contributed by atoms with Crippen molar-refractivity contribution in [1.82, 2.24) is 4.98 Å². The van der Waals surface area contributed by atoms with Crippen LogP contribution in [0.2, 0.25) is 0 Å². The number of nitrogens with zero attached hydrogens (tertiary/aromatic N) is 1. The maximum absolute atomic E-state index is 12.0. The lowest BCUT2D eigenvalue weighted by atomic mass is 10.2. The van der Waals surface area contributed by atoms with Crippen LogP contribution in [0.1, 0.15) is 10.6 Å². The molecule has 2 heterocycles. The summed E-state index contributed by atoms with van der Waals surface area (Å²) in [5, 5.41) is 2.96. The van der Waals surface area contributed by atoms with Gasteiger partial charge in [-0.3, -0.25) is 0 Å². The van der Waals surface area contributed by atoms with Gasteiger partial charge < -0.3 is 9.47 Å². The summed E-state index contributed by atoms with van der Waals surface area (Å²) in [6.07, 6.45) is 1.79. The van der Waals surface area contributed by atoms with Crippen LogP contribution in [0.15, 0.2) is 53.4 Å². The van der Waals surface area contributed by atoms with E-state index in [9.17, 15) is 4.79 Å². The summed E-state index contributed by atoms with van der Waals surface area (Å²) in [7, 11) is 1.37. The van der Waals surface area contributed by atoms with Gasteiger partial charge in [0.05, 0.1) is 12.7 Å². The number of pyridine rings is 1. The van der Waals surface area contributed by atoms with Gasteiger partial charge in [-0.25, -0.2) is 9.78 Å². The molecule has 2 aromatic heterocycles. The Bertz CT molecular complexity index is 885. The van der Waals surface area contributed by atoms with E-state index < -0.39 is 5.97 Å². The first-order valence-electron chi connectivity index (χ1n) is 7.49. The van der Waals surface area contributed by atoms with Crippen molar-refractivity contribution in [2.45, 2.75) is 6.92 Å². The van der Waals surface area contributed by atoms with Crippen LogP contribution >= 0.6 is 11.3 Å². The summed E-state index contributed by atoms with van der Waals surface area (Å²) in [6, 6.07) is 13.6. The topological polar surface area (TPSA) is 48.4 Å². The number of methoxy groups -OCH3 is 1. The summed E-state index contributed by atoms with van der Waals surface area (Å²) in [5.41, 5.74) is 2.17. The van der Waals surface area contributed by atoms with Gasteiger partial charge in [-0.2, -0.15) is 0 Å². The summed E-state index contributed by atoms with van der Waals surface area (Å²) in [4.78, 5) is 17.5. The maximum atomic E-state index is 12.0. The van der Waals surface area contributed by atoms with E-state index in [1.54, 1.807) is 17.4 Å². The number of carbonyl (C=O) groups excluding carboxylic acids is 1. The first-order valence-corrected chi connectivity index (χ1v) is 8.37. The lowest BCUT2D eigenvalue weighted by Crippen LogP contribution is -2.12. The van der Waals surface area contributed by atoms with Crippen LogP contribution in [0.4, 0.5) is 0 Å². The average Bonchev–Trinajstić information content (AvgIpc) is 3.11. The molecule has 0 saturated carbocycles. The van der Waals surface area contributed by atoms with Crippen LogP contribution in [0.25, 0.3) is 17.0 Å². The second-order valence-corrected chi connectivity index (χ2v) is 6.23. The molecule has 0 amide bonds. The molecule has 1 aromatic carbocycles. The van der Waals surface area contributed by atoms with Crippen molar-refractivity contribution in [3.8, 4) is 5.75 Å². The Morgan fingerprint density at radius 2 is 2.08 bits per heavy atom. The fourth-order valence-electron chi connectivity index (χ4n) is 2.33. The molecule has 0 aliphatic rings. The van der Waals surface area contributed by atoms with Crippen LogP contribution in [0.5, 0.6) is 5.75 Å². The van der Waals surface area contributed by atoms with E-state index in [4.69, 9.17) is 9.47 Å². The minimum Gasteiger partial charge on any atom is -0.486 e. The number of thiophene rings is 1.